The first-order chi connectivity index (χ1) is 13.1. The zero-order chi connectivity index (χ0) is 19.5. The van der Waals surface area contributed by atoms with Crippen molar-refractivity contribution in [3.63, 3.8) is 0 Å². The quantitative estimate of drug-likeness (QED) is 0.406. The Morgan fingerprint density at radius 1 is 0.889 bits per heavy atom. The first kappa shape index (κ1) is 20.6. The van der Waals surface area contributed by atoms with Gasteiger partial charge in [0, 0.05) is 39.9 Å². The average molecular weight is 369 g/mol. The second kappa shape index (κ2) is 11.1. The molecule has 0 saturated carbocycles. The molecule has 27 heavy (non-hydrogen) atoms. The largest absolute Gasteiger partial charge is 0.497 e. The fraction of sp³-hybridized carbons (Fsp3) is 0.409. The van der Waals surface area contributed by atoms with Crippen molar-refractivity contribution in [3.8, 4) is 5.75 Å². The van der Waals surface area contributed by atoms with Gasteiger partial charge in [0.05, 0.1) is 7.11 Å². The van der Waals surface area contributed by atoms with Crippen LogP contribution >= 0.6 is 0 Å². The highest BCUT2D eigenvalue weighted by molar-refractivity contribution is 5.79. The van der Waals surface area contributed by atoms with Gasteiger partial charge in [0.25, 0.3) is 0 Å². The van der Waals surface area contributed by atoms with Gasteiger partial charge in [-0.05, 0) is 54.7 Å². The topological polar surface area (TPSA) is 48.9 Å². The predicted molar refractivity (Wildman–Crippen MR) is 115 cm³/mol. The van der Waals surface area contributed by atoms with Crippen molar-refractivity contribution in [2.24, 2.45) is 4.99 Å². The van der Waals surface area contributed by atoms with Crippen LogP contribution < -0.4 is 20.3 Å². The van der Waals surface area contributed by atoms with Gasteiger partial charge in [-0.15, -0.1) is 0 Å². The van der Waals surface area contributed by atoms with Crippen LogP contribution in [0.15, 0.2) is 53.5 Å². The molecule has 2 N–H and O–H groups in total. The van der Waals surface area contributed by atoms with Crippen molar-refractivity contribution in [1.29, 1.82) is 0 Å². The summed E-state index contributed by atoms with van der Waals surface area (Å²) in [5.74, 6) is 1.74. The minimum atomic E-state index is 0.845. The molecule has 0 saturated heterocycles. The first-order valence-electron chi connectivity index (χ1n) is 9.46. The van der Waals surface area contributed by atoms with Crippen LogP contribution in [0.3, 0.4) is 0 Å². The average Bonchev–Trinajstić information content (AvgIpc) is 2.70. The molecule has 0 spiro atoms. The van der Waals surface area contributed by atoms with E-state index in [9.17, 15) is 0 Å². The van der Waals surface area contributed by atoms with E-state index in [0.29, 0.717) is 0 Å². The Labute approximate surface area is 163 Å². The number of benzene rings is 2. The fourth-order valence-electron chi connectivity index (χ4n) is 2.80. The SMILES string of the molecule is CN=C(NCCCc1ccc(N(C)C)cc1)NCCc1ccc(OC)cc1. The Morgan fingerprint density at radius 2 is 1.48 bits per heavy atom. The van der Waals surface area contributed by atoms with Crippen LogP contribution in [-0.4, -0.2) is 47.3 Å². The van der Waals surface area contributed by atoms with Crippen LogP contribution in [0, 0.1) is 0 Å². The maximum Gasteiger partial charge on any atom is 0.190 e. The number of anilines is 1. The van der Waals surface area contributed by atoms with Crippen LogP contribution in [0.4, 0.5) is 5.69 Å². The molecular formula is C22H32N4O. The third-order valence-electron chi connectivity index (χ3n) is 4.48. The van der Waals surface area contributed by atoms with E-state index in [4.69, 9.17) is 4.74 Å². The maximum absolute atomic E-state index is 5.19. The van der Waals surface area contributed by atoms with Crippen LogP contribution in [0.2, 0.25) is 0 Å². The smallest absolute Gasteiger partial charge is 0.190 e. The molecular weight excluding hydrogens is 336 g/mol. The van der Waals surface area contributed by atoms with Crippen molar-refractivity contribution in [2.45, 2.75) is 19.3 Å². The maximum atomic E-state index is 5.19. The monoisotopic (exact) mass is 368 g/mol. The Kier molecular flexibility index (Phi) is 8.49. The summed E-state index contributed by atoms with van der Waals surface area (Å²) in [6.45, 7) is 1.75. The van der Waals surface area contributed by atoms with Crippen molar-refractivity contribution < 1.29 is 4.74 Å². The molecule has 0 bridgehead atoms. The van der Waals surface area contributed by atoms with E-state index in [1.54, 1.807) is 7.11 Å². The molecule has 0 unspecified atom stereocenters. The molecule has 5 nitrogen and oxygen atoms in total. The second-order valence-electron chi connectivity index (χ2n) is 6.69. The van der Waals surface area contributed by atoms with E-state index >= 15 is 0 Å². The normalized spacial score (nSPS) is 11.2. The number of rotatable bonds is 9. The van der Waals surface area contributed by atoms with E-state index in [2.05, 4.69) is 71.0 Å². The van der Waals surface area contributed by atoms with Gasteiger partial charge in [0.1, 0.15) is 5.75 Å². The van der Waals surface area contributed by atoms with Crippen molar-refractivity contribution >= 4 is 11.6 Å². The Bertz CT molecular complexity index is 693. The van der Waals surface area contributed by atoms with Crippen molar-refractivity contribution in [3.05, 3.63) is 59.7 Å². The zero-order valence-corrected chi connectivity index (χ0v) is 17.0. The molecule has 2 aromatic rings. The molecule has 0 amide bonds. The van der Waals surface area contributed by atoms with Crippen molar-refractivity contribution in [1.82, 2.24) is 10.6 Å². The third kappa shape index (κ3) is 7.21. The van der Waals surface area contributed by atoms with Crippen LogP contribution in [0.5, 0.6) is 5.75 Å². The number of ether oxygens (including phenoxy) is 1. The van der Waals surface area contributed by atoms with E-state index in [-0.39, 0.29) is 0 Å². The molecule has 0 heterocycles. The van der Waals surface area contributed by atoms with Crippen molar-refractivity contribution in [2.75, 3.05) is 46.2 Å². The Morgan fingerprint density at radius 3 is 2.07 bits per heavy atom. The summed E-state index contributed by atoms with van der Waals surface area (Å²) in [7, 11) is 7.62. The lowest BCUT2D eigenvalue weighted by molar-refractivity contribution is 0.414. The molecule has 2 aromatic carbocycles. The molecule has 0 atom stereocenters. The molecule has 0 radical (unpaired) electrons. The minimum Gasteiger partial charge on any atom is -0.497 e. The summed E-state index contributed by atoms with van der Waals surface area (Å²) < 4.78 is 5.19. The van der Waals surface area contributed by atoms with Gasteiger partial charge in [-0.25, -0.2) is 0 Å². The molecule has 5 heteroatoms. The number of nitrogens with zero attached hydrogens (tertiary/aromatic N) is 2. The summed E-state index contributed by atoms with van der Waals surface area (Å²) in [5, 5.41) is 6.75. The van der Waals surface area contributed by atoms with Crippen LogP contribution in [-0.2, 0) is 12.8 Å². The summed E-state index contributed by atoms with van der Waals surface area (Å²) >= 11 is 0. The molecule has 146 valence electrons. The lowest BCUT2D eigenvalue weighted by atomic mass is 10.1. The Hall–Kier alpha value is -2.69. The molecule has 2 rings (SSSR count). The van der Waals surface area contributed by atoms with Gasteiger partial charge in [-0.3, -0.25) is 4.99 Å². The van der Waals surface area contributed by atoms with E-state index < -0.39 is 0 Å². The van der Waals surface area contributed by atoms with E-state index in [1.165, 1.54) is 16.8 Å². The highest BCUT2D eigenvalue weighted by Crippen LogP contribution is 2.13. The number of aliphatic imine (C=N–C) groups is 1. The number of hydrogen-bond acceptors (Lipinski definition) is 3. The number of guanidine groups is 1. The summed E-state index contributed by atoms with van der Waals surface area (Å²) in [6.07, 6.45) is 3.08. The summed E-state index contributed by atoms with van der Waals surface area (Å²) in [4.78, 5) is 6.41. The number of hydrogen-bond donors (Lipinski definition) is 2. The van der Waals surface area contributed by atoms with Gasteiger partial charge in [0.15, 0.2) is 5.96 Å². The molecule has 0 fully saturated rings. The predicted octanol–water partition coefficient (Wildman–Crippen LogP) is 3.10. The summed E-state index contributed by atoms with van der Waals surface area (Å²) in [5.41, 5.74) is 3.88. The third-order valence-corrected chi connectivity index (χ3v) is 4.48. The molecule has 0 aromatic heterocycles. The zero-order valence-electron chi connectivity index (χ0n) is 17.0. The highest BCUT2D eigenvalue weighted by Gasteiger charge is 2.00. The van der Waals surface area contributed by atoms with Gasteiger partial charge < -0.3 is 20.3 Å². The van der Waals surface area contributed by atoms with E-state index in [1.807, 2.05) is 19.2 Å². The van der Waals surface area contributed by atoms with Crippen LogP contribution in [0.1, 0.15) is 17.5 Å². The highest BCUT2D eigenvalue weighted by atomic mass is 16.5. The van der Waals surface area contributed by atoms with E-state index in [0.717, 1.165) is 44.1 Å². The first-order valence-corrected chi connectivity index (χ1v) is 9.46. The minimum absolute atomic E-state index is 0.845. The van der Waals surface area contributed by atoms with Crippen LogP contribution in [0.25, 0.3) is 0 Å². The molecule has 0 aliphatic rings. The van der Waals surface area contributed by atoms with Gasteiger partial charge in [-0.1, -0.05) is 24.3 Å². The number of aryl methyl sites for hydroxylation is 1. The molecule has 0 aliphatic carbocycles. The lowest BCUT2D eigenvalue weighted by Crippen LogP contribution is -2.38. The van der Waals surface area contributed by atoms with Gasteiger partial charge >= 0.3 is 0 Å². The second-order valence-corrected chi connectivity index (χ2v) is 6.69. The lowest BCUT2D eigenvalue weighted by Gasteiger charge is -2.13. The summed E-state index contributed by atoms with van der Waals surface area (Å²) in [6, 6.07) is 16.9. The van der Waals surface area contributed by atoms with Gasteiger partial charge in [0.2, 0.25) is 0 Å². The molecule has 0 aliphatic heterocycles. The Balaban J connectivity index is 1.64. The standard InChI is InChI=1S/C22H32N4O/c1-23-22(25-17-15-19-9-13-21(27-4)14-10-19)24-16-5-6-18-7-11-20(12-8-18)26(2)3/h7-14H,5-6,15-17H2,1-4H3,(H2,23,24,25). The number of methoxy groups -OCH3 is 1. The number of nitrogens with one attached hydrogen (secondary N) is 2. The fourth-order valence-corrected chi connectivity index (χ4v) is 2.80. The van der Waals surface area contributed by atoms with Gasteiger partial charge in [-0.2, -0.15) is 0 Å².